The Hall–Kier alpha value is -2.50. The van der Waals surface area contributed by atoms with Gasteiger partial charge in [0.15, 0.2) is 0 Å². The molecular weight excluding hydrogens is 261 g/mol. The van der Waals surface area contributed by atoms with Crippen molar-refractivity contribution in [1.29, 1.82) is 0 Å². The molecule has 0 aliphatic rings. The first-order chi connectivity index (χ1) is 9.51. The molecule has 1 aromatic carbocycles. The van der Waals surface area contributed by atoms with Gasteiger partial charge in [-0.05, 0) is 37.6 Å². The lowest BCUT2D eigenvalue weighted by molar-refractivity contribution is -0.384. The molecule has 0 saturated carbocycles. The maximum atomic E-state index is 13.1. The SMILES string of the molecule is CCNc1cc([N+](=O)[O-])cc(-c2ccc(F)cc2C)n1. The van der Waals surface area contributed by atoms with Crippen molar-refractivity contribution in [3.8, 4) is 11.3 Å². The van der Waals surface area contributed by atoms with Crippen LogP contribution in [-0.2, 0) is 0 Å². The number of benzene rings is 1. The second-order valence-corrected chi connectivity index (χ2v) is 4.34. The van der Waals surface area contributed by atoms with E-state index in [1.807, 2.05) is 6.92 Å². The second-order valence-electron chi connectivity index (χ2n) is 4.34. The van der Waals surface area contributed by atoms with E-state index in [-0.39, 0.29) is 11.5 Å². The molecule has 0 radical (unpaired) electrons. The average Bonchev–Trinajstić information content (AvgIpc) is 2.38. The van der Waals surface area contributed by atoms with Gasteiger partial charge in [-0.15, -0.1) is 0 Å². The van der Waals surface area contributed by atoms with E-state index in [1.54, 1.807) is 13.0 Å². The van der Waals surface area contributed by atoms with E-state index in [1.165, 1.54) is 24.3 Å². The zero-order valence-electron chi connectivity index (χ0n) is 11.2. The number of nitrogens with zero attached hydrogens (tertiary/aromatic N) is 2. The summed E-state index contributed by atoms with van der Waals surface area (Å²) in [6, 6.07) is 7.04. The fourth-order valence-corrected chi connectivity index (χ4v) is 1.95. The average molecular weight is 275 g/mol. The van der Waals surface area contributed by atoms with Crippen molar-refractivity contribution >= 4 is 11.5 Å². The van der Waals surface area contributed by atoms with Crippen molar-refractivity contribution in [2.45, 2.75) is 13.8 Å². The zero-order chi connectivity index (χ0) is 14.7. The largest absolute Gasteiger partial charge is 0.370 e. The summed E-state index contributed by atoms with van der Waals surface area (Å²) in [6.07, 6.45) is 0. The predicted molar refractivity (Wildman–Crippen MR) is 75.2 cm³/mol. The number of halogens is 1. The van der Waals surface area contributed by atoms with Crippen molar-refractivity contribution in [2.24, 2.45) is 0 Å². The molecule has 0 spiro atoms. The third-order valence-electron chi connectivity index (χ3n) is 2.84. The maximum Gasteiger partial charge on any atom is 0.275 e. The van der Waals surface area contributed by atoms with Crippen LogP contribution < -0.4 is 5.32 Å². The molecule has 0 fully saturated rings. The molecule has 2 aromatic rings. The summed E-state index contributed by atoms with van der Waals surface area (Å²) in [5, 5.41) is 13.9. The van der Waals surface area contributed by atoms with E-state index < -0.39 is 4.92 Å². The van der Waals surface area contributed by atoms with Gasteiger partial charge in [0.2, 0.25) is 0 Å². The lowest BCUT2D eigenvalue weighted by atomic mass is 10.0. The van der Waals surface area contributed by atoms with Crippen LogP contribution in [0, 0.1) is 22.9 Å². The number of pyridine rings is 1. The quantitative estimate of drug-likeness (QED) is 0.684. The lowest BCUT2D eigenvalue weighted by Gasteiger charge is -2.08. The summed E-state index contributed by atoms with van der Waals surface area (Å²) in [6.45, 7) is 4.23. The molecule has 0 unspecified atom stereocenters. The van der Waals surface area contributed by atoms with E-state index in [2.05, 4.69) is 10.3 Å². The minimum absolute atomic E-state index is 0.0466. The van der Waals surface area contributed by atoms with Gasteiger partial charge in [-0.25, -0.2) is 9.37 Å². The Labute approximate surface area is 115 Å². The fourth-order valence-electron chi connectivity index (χ4n) is 1.95. The van der Waals surface area contributed by atoms with Crippen LogP contribution in [0.5, 0.6) is 0 Å². The molecule has 1 N–H and O–H groups in total. The molecule has 1 aromatic heterocycles. The van der Waals surface area contributed by atoms with Crippen molar-refractivity contribution in [3.63, 3.8) is 0 Å². The fraction of sp³-hybridized carbons (Fsp3) is 0.214. The Balaban J connectivity index is 2.57. The lowest BCUT2D eigenvalue weighted by Crippen LogP contribution is -2.02. The Bertz CT molecular complexity index is 659. The van der Waals surface area contributed by atoms with Gasteiger partial charge >= 0.3 is 0 Å². The smallest absolute Gasteiger partial charge is 0.275 e. The van der Waals surface area contributed by atoms with Gasteiger partial charge in [-0.1, -0.05) is 0 Å². The third-order valence-corrected chi connectivity index (χ3v) is 2.84. The number of anilines is 1. The molecule has 6 heteroatoms. The van der Waals surface area contributed by atoms with Gasteiger partial charge in [0, 0.05) is 18.2 Å². The molecule has 0 bridgehead atoms. The number of hydrogen-bond donors (Lipinski definition) is 1. The molecule has 104 valence electrons. The molecule has 1 heterocycles. The zero-order valence-corrected chi connectivity index (χ0v) is 11.2. The molecule has 2 rings (SSSR count). The summed E-state index contributed by atoms with van der Waals surface area (Å²) in [4.78, 5) is 14.8. The van der Waals surface area contributed by atoms with Crippen LogP contribution >= 0.6 is 0 Å². The molecule has 0 amide bonds. The van der Waals surface area contributed by atoms with Crippen LogP contribution in [0.25, 0.3) is 11.3 Å². The van der Waals surface area contributed by atoms with Gasteiger partial charge in [0.1, 0.15) is 11.6 Å². The first kappa shape index (κ1) is 13.9. The number of aromatic nitrogens is 1. The number of nitrogens with one attached hydrogen (secondary N) is 1. The summed E-state index contributed by atoms with van der Waals surface area (Å²) >= 11 is 0. The number of aryl methyl sites for hydroxylation is 1. The summed E-state index contributed by atoms with van der Waals surface area (Å²) in [7, 11) is 0. The van der Waals surface area contributed by atoms with Crippen LogP contribution in [0.3, 0.4) is 0 Å². The minimum atomic E-state index is -0.467. The van der Waals surface area contributed by atoms with Crippen LogP contribution in [0.1, 0.15) is 12.5 Å². The molecule has 0 aliphatic heterocycles. The predicted octanol–water partition coefficient (Wildman–Crippen LogP) is 3.54. The van der Waals surface area contributed by atoms with E-state index in [0.717, 1.165) is 0 Å². The van der Waals surface area contributed by atoms with Gasteiger partial charge < -0.3 is 5.32 Å². The third kappa shape index (κ3) is 2.90. The van der Waals surface area contributed by atoms with E-state index in [0.29, 0.717) is 29.2 Å². The van der Waals surface area contributed by atoms with Gasteiger partial charge in [0.25, 0.3) is 5.69 Å². The van der Waals surface area contributed by atoms with E-state index >= 15 is 0 Å². The standard InChI is InChI=1S/C14H14FN3O2/c1-3-16-14-8-11(18(19)20)7-13(17-14)12-5-4-10(15)6-9(12)2/h4-8H,3H2,1-2H3,(H,16,17). The first-order valence-electron chi connectivity index (χ1n) is 6.18. The highest BCUT2D eigenvalue weighted by atomic mass is 19.1. The molecule has 0 aliphatic carbocycles. The number of hydrogen-bond acceptors (Lipinski definition) is 4. The Morgan fingerprint density at radius 1 is 1.35 bits per heavy atom. The van der Waals surface area contributed by atoms with E-state index in [4.69, 9.17) is 0 Å². The summed E-state index contributed by atoms with van der Waals surface area (Å²) in [5.74, 6) is 0.0870. The van der Waals surface area contributed by atoms with Gasteiger partial charge in [0.05, 0.1) is 16.7 Å². The number of rotatable bonds is 4. The normalized spacial score (nSPS) is 10.3. The monoisotopic (exact) mass is 275 g/mol. The Morgan fingerprint density at radius 2 is 2.10 bits per heavy atom. The number of nitro groups is 1. The Kier molecular flexibility index (Phi) is 3.93. The van der Waals surface area contributed by atoms with Crippen molar-refractivity contribution < 1.29 is 9.31 Å². The second kappa shape index (κ2) is 5.64. The van der Waals surface area contributed by atoms with Crippen molar-refractivity contribution in [3.05, 3.63) is 51.8 Å². The first-order valence-corrected chi connectivity index (χ1v) is 6.18. The van der Waals surface area contributed by atoms with Gasteiger partial charge in [-0.2, -0.15) is 0 Å². The highest BCUT2D eigenvalue weighted by Gasteiger charge is 2.13. The van der Waals surface area contributed by atoms with Crippen molar-refractivity contribution in [2.75, 3.05) is 11.9 Å². The Morgan fingerprint density at radius 3 is 2.70 bits per heavy atom. The molecule has 5 nitrogen and oxygen atoms in total. The molecular formula is C14H14FN3O2. The summed E-state index contributed by atoms with van der Waals surface area (Å²) < 4.78 is 13.1. The maximum absolute atomic E-state index is 13.1. The van der Waals surface area contributed by atoms with E-state index in [9.17, 15) is 14.5 Å². The molecule has 0 saturated heterocycles. The van der Waals surface area contributed by atoms with Crippen molar-refractivity contribution in [1.82, 2.24) is 4.98 Å². The van der Waals surface area contributed by atoms with Crippen LogP contribution in [0.4, 0.5) is 15.9 Å². The topological polar surface area (TPSA) is 68.1 Å². The van der Waals surface area contributed by atoms with Crippen LogP contribution in [0.15, 0.2) is 30.3 Å². The van der Waals surface area contributed by atoms with Crippen LogP contribution in [-0.4, -0.2) is 16.5 Å². The molecule has 20 heavy (non-hydrogen) atoms. The van der Waals surface area contributed by atoms with Gasteiger partial charge in [-0.3, -0.25) is 10.1 Å². The minimum Gasteiger partial charge on any atom is -0.370 e. The summed E-state index contributed by atoms with van der Waals surface area (Å²) in [5.41, 5.74) is 1.76. The van der Waals surface area contributed by atoms with Crippen LogP contribution in [0.2, 0.25) is 0 Å². The highest BCUT2D eigenvalue weighted by Crippen LogP contribution is 2.27. The highest BCUT2D eigenvalue weighted by molar-refractivity contribution is 5.68. The molecule has 0 atom stereocenters.